The van der Waals surface area contributed by atoms with E-state index in [0.717, 1.165) is 37.2 Å². The minimum atomic E-state index is -0.160. The molecule has 2 atom stereocenters. The Kier molecular flexibility index (Phi) is 5.31. The Bertz CT molecular complexity index is 261. The van der Waals surface area contributed by atoms with Crippen LogP contribution in [0.15, 0.2) is 0 Å². The summed E-state index contributed by atoms with van der Waals surface area (Å²) >= 11 is 0. The maximum Gasteiger partial charge on any atom is 0.0700 e. The van der Waals surface area contributed by atoms with Gasteiger partial charge < -0.3 is 14.6 Å². The average Bonchev–Trinajstić information content (AvgIpc) is 2.93. The lowest BCUT2D eigenvalue weighted by molar-refractivity contribution is -0.374. The number of rotatable bonds is 7. The van der Waals surface area contributed by atoms with E-state index < -0.39 is 0 Å². The fourth-order valence-electron chi connectivity index (χ4n) is 2.78. The SMILES string of the molecule is [O-]CCOCCOCC1C2CCC#CCCC21. The summed E-state index contributed by atoms with van der Waals surface area (Å²) in [6.45, 7) is 2.16. The molecule has 96 valence electrons. The number of ether oxygens (including phenoxy) is 2. The van der Waals surface area contributed by atoms with Gasteiger partial charge in [0.1, 0.15) is 0 Å². The number of hydrogen-bond donors (Lipinski definition) is 0. The molecule has 0 N–H and O–H groups in total. The molecular formula is C14H21O3-. The molecule has 2 aliphatic rings. The van der Waals surface area contributed by atoms with Crippen molar-refractivity contribution in [2.24, 2.45) is 17.8 Å². The van der Waals surface area contributed by atoms with Crippen LogP contribution >= 0.6 is 0 Å². The summed E-state index contributed by atoms with van der Waals surface area (Å²) in [5, 5.41) is 10.1. The molecule has 2 unspecified atom stereocenters. The lowest BCUT2D eigenvalue weighted by atomic mass is 10.1. The van der Waals surface area contributed by atoms with E-state index in [9.17, 15) is 5.11 Å². The normalized spacial score (nSPS) is 30.8. The fourth-order valence-corrected chi connectivity index (χ4v) is 2.78. The first-order valence-electron chi connectivity index (χ1n) is 6.63. The highest BCUT2D eigenvalue weighted by Gasteiger charge is 2.48. The summed E-state index contributed by atoms with van der Waals surface area (Å²) in [5.41, 5.74) is 0. The van der Waals surface area contributed by atoms with Crippen LogP contribution < -0.4 is 5.11 Å². The molecule has 0 saturated heterocycles. The van der Waals surface area contributed by atoms with E-state index in [1.54, 1.807) is 0 Å². The van der Waals surface area contributed by atoms with Gasteiger partial charge in [-0.15, -0.1) is 18.4 Å². The largest absolute Gasteiger partial charge is 0.853 e. The van der Waals surface area contributed by atoms with Gasteiger partial charge >= 0.3 is 0 Å². The molecule has 0 aromatic rings. The summed E-state index contributed by atoms with van der Waals surface area (Å²) in [5.74, 6) is 8.88. The van der Waals surface area contributed by atoms with Crippen LogP contribution in [0.3, 0.4) is 0 Å². The monoisotopic (exact) mass is 237 g/mol. The van der Waals surface area contributed by atoms with Gasteiger partial charge in [-0.3, -0.25) is 0 Å². The predicted molar refractivity (Wildman–Crippen MR) is 63.2 cm³/mol. The van der Waals surface area contributed by atoms with Crippen LogP contribution in [-0.2, 0) is 9.47 Å². The standard InChI is InChI=1S/C14H21O3/c15-7-8-16-9-10-17-11-14-12-5-3-1-2-4-6-13(12)14/h12-14H,3-11H2/q-1. The first-order chi connectivity index (χ1) is 8.43. The van der Waals surface area contributed by atoms with Crippen molar-refractivity contribution in [1.82, 2.24) is 0 Å². The van der Waals surface area contributed by atoms with E-state index in [4.69, 9.17) is 9.47 Å². The Morgan fingerprint density at radius 3 is 2.24 bits per heavy atom. The molecule has 1 saturated carbocycles. The smallest absolute Gasteiger partial charge is 0.0700 e. The van der Waals surface area contributed by atoms with Crippen molar-refractivity contribution in [3.63, 3.8) is 0 Å². The van der Waals surface area contributed by atoms with Gasteiger partial charge in [0.25, 0.3) is 0 Å². The quantitative estimate of drug-likeness (QED) is 0.486. The van der Waals surface area contributed by atoms with Crippen LogP contribution in [-0.4, -0.2) is 33.0 Å². The lowest BCUT2D eigenvalue weighted by Gasteiger charge is -2.06. The number of fused-ring (bicyclic) bond motifs is 1. The van der Waals surface area contributed by atoms with E-state index in [1.807, 2.05) is 0 Å². The van der Waals surface area contributed by atoms with Gasteiger partial charge in [-0.05, 0) is 30.6 Å². The molecule has 17 heavy (non-hydrogen) atoms. The Morgan fingerprint density at radius 2 is 1.59 bits per heavy atom. The zero-order valence-electron chi connectivity index (χ0n) is 10.3. The minimum Gasteiger partial charge on any atom is -0.853 e. The molecule has 0 aromatic carbocycles. The molecular weight excluding hydrogens is 216 g/mol. The summed E-state index contributed by atoms with van der Waals surface area (Å²) in [6.07, 6.45) is 4.62. The maximum atomic E-state index is 10.1. The van der Waals surface area contributed by atoms with E-state index >= 15 is 0 Å². The van der Waals surface area contributed by atoms with Crippen molar-refractivity contribution < 1.29 is 14.6 Å². The van der Waals surface area contributed by atoms with Crippen LogP contribution in [0.2, 0.25) is 0 Å². The van der Waals surface area contributed by atoms with E-state index in [-0.39, 0.29) is 6.61 Å². The lowest BCUT2D eigenvalue weighted by Crippen LogP contribution is -2.15. The van der Waals surface area contributed by atoms with Crippen LogP contribution in [0.25, 0.3) is 0 Å². The molecule has 0 amide bonds. The van der Waals surface area contributed by atoms with Crippen LogP contribution in [0.5, 0.6) is 0 Å². The predicted octanol–water partition coefficient (Wildman–Crippen LogP) is 0.819. The molecule has 0 bridgehead atoms. The van der Waals surface area contributed by atoms with E-state index in [0.29, 0.717) is 19.8 Å². The second-order valence-corrected chi connectivity index (χ2v) is 4.81. The summed E-state index contributed by atoms with van der Waals surface area (Å²) in [7, 11) is 0. The Labute approximate surface area is 103 Å². The minimum absolute atomic E-state index is 0.160. The third-order valence-corrected chi connectivity index (χ3v) is 3.75. The fraction of sp³-hybridized carbons (Fsp3) is 0.857. The highest BCUT2D eigenvalue weighted by Crippen LogP contribution is 2.52. The summed E-state index contributed by atoms with van der Waals surface area (Å²) < 4.78 is 10.7. The highest BCUT2D eigenvalue weighted by atomic mass is 16.5. The number of hydrogen-bond acceptors (Lipinski definition) is 3. The molecule has 0 spiro atoms. The summed E-state index contributed by atoms with van der Waals surface area (Å²) in [4.78, 5) is 0. The van der Waals surface area contributed by atoms with Gasteiger partial charge in [-0.25, -0.2) is 0 Å². The first-order valence-corrected chi connectivity index (χ1v) is 6.63. The molecule has 0 heterocycles. The van der Waals surface area contributed by atoms with Gasteiger partial charge in [0, 0.05) is 19.4 Å². The molecule has 0 aliphatic heterocycles. The van der Waals surface area contributed by atoms with Gasteiger partial charge in [0.05, 0.1) is 19.8 Å². The molecule has 1 fully saturated rings. The van der Waals surface area contributed by atoms with Crippen molar-refractivity contribution in [1.29, 1.82) is 0 Å². The molecule has 0 radical (unpaired) electrons. The molecule has 2 rings (SSSR count). The van der Waals surface area contributed by atoms with Gasteiger partial charge in [0.15, 0.2) is 0 Å². The Hall–Kier alpha value is -0.560. The van der Waals surface area contributed by atoms with Crippen molar-refractivity contribution in [2.45, 2.75) is 25.7 Å². The van der Waals surface area contributed by atoms with E-state index in [1.165, 1.54) is 12.8 Å². The maximum absolute atomic E-state index is 10.1. The zero-order valence-corrected chi connectivity index (χ0v) is 10.3. The third kappa shape index (κ3) is 3.99. The molecule has 0 aromatic heterocycles. The first kappa shape index (κ1) is 12.9. The highest BCUT2D eigenvalue weighted by molar-refractivity contribution is 5.07. The Morgan fingerprint density at radius 1 is 0.941 bits per heavy atom. The van der Waals surface area contributed by atoms with Crippen LogP contribution in [0.1, 0.15) is 25.7 Å². The van der Waals surface area contributed by atoms with Gasteiger partial charge in [-0.1, -0.05) is 0 Å². The third-order valence-electron chi connectivity index (χ3n) is 3.75. The zero-order chi connectivity index (χ0) is 11.9. The van der Waals surface area contributed by atoms with Crippen molar-refractivity contribution in [2.75, 3.05) is 33.0 Å². The van der Waals surface area contributed by atoms with Gasteiger partial charge in [0.2, 0.25) is 0 Å². The molecule has 3 nitrogen and oxygen atoms in total. The van der Waals surface area contributed by atoms with Gasteiger partial charge in [-0.2, -0.15) is 0 Å². The van der Waals surface area contributed by atoms with Crippen molar-refractivity contribution >= 4 is 0 Å². The van der Waals surface area contributed by atoms with Crippen LogP contribution in [0, 0.1) is 29.6 Å². The second kappa shape index (κ2) is 7.00. The average molecular weight is 237 g/mol. The van der Waals surface area contributed by atoms with E-state index in [2.05, 4.69) is 11.8 Å². The molecule has 2 aliphatic carbocycles. The second-order valence-electron chi connectivity index (χ2n) is 4.81. The van der Waals surface area contributed by atoms with Crippen molar-refractivity contribution in [3.8, 4) is 11.8 Å². The van der Waals surface area contributed by atoms with Crippen molar-refractivity contribution in [3.05, 3.63) is 0 Å². The molecule has 3 heteroatoms. The topological polar surface area (TPSA) is 41.5 Å². The summed E-state index contributed by atoms with van der Waals surface area (Å²) in [6, 6.07) is 0. The van der Waals surface area contributed by atoms with Crippen LogP contribution in [0.4, 0.5) is 0 Å². The Balaban J connectivity index is 1.53.